The lowest BCUT2D eigenvalue weighted by atomic mass is 10.2. The van der Waals surface area contributed by atoms with E-state index >= 15 is 0 Å². The lowest BCUT2D eigenvalue weighted by Crippen LogP contribution is -2.35. The molecule has 3 aromatic carbocycles. The van der Waals surface area contributed by atoms with E-state index in [1.165, 1.54) is 4.31 Å². The molecule has 0 saturated heterocycles. The Morgan fingerprint density at radius 1 is 0.953 bits per heavy atom. The second-order valence-electron chi connectivity index (χ2n) is 10.1. The molecule has 43 heavy (non-hydrogen) atoms. The molecule has 3 heterocycles. The van der Waals surface area contributed by atoms with Crippen LogP contribution in [-0.4, -0.2) is 66.2 Å². The molecule has 1 N–H and O–H groups in total. The zero-order valence-corrected chi connectivity index (χ0v) is 25.2. The van der Waals surface area contributed by atoms with Crippen molar-refractivity contribution in [3.8, 4) is 11.5 Å². The van der Waals surface area contributed by atoms with E-state index < -0.39 is 10.0 Å². The molecule has 0 atom stereocenters. The van der Waals surface area contributed by atoms with Gasteiger partial charge in [0, 0.05) is 38.8 Å². The van der Waals surface area contributed by atoms with Gasteiger partial charge in [-0.15, -0.1) is 0 Å². The Morgan fingerprint density at radius 2 is 1.72 bits per heavy atom. The van der Waals surface area contributed by atoms with Crippen LogP contribution in [0.15, 0.2) is 84.0 Å². The number of benzene rings is 3. The van der Waals surface area contributed by atoms with Crippen LogP contribution in [0.1, 0.15) is 11.1 Å². The normalized spacial score (nSPS) is 12.7. The van der Waals surface area contributed by atoms with Gasteiger partial charge >= 0.3 is 0 Å². The summed E-state index contributed by atoms with van der Waals surface area (Å²) in [6, 6.07) is 21.8. The van der Waals surface area contributed by atoms with Crippen LogP contribution in [0.4, 0.5) is 11.8 Å². The second kappa shape index (κ2) is 12.1. The molecule has 1 aliphatic rings. The predicted molar refractivity (Wildman–Crippen MR) is 165 cm³/mol. The molecule has 5 aromatic rings. The summed E-state index contributed by atoms with van der Waals surface area (Å²) in [5.74, 6) is 2.39. The van der Waals surface area contributed by atoms with E-state index in [4.69, 9.17) is 31.0 Å². The van der Waals surface area contributed by atoms with Gasteiger partial charge in [0.1, 0.15) is 0 Å². The number of anilines is 2. The number of nitrogens with zero attached hydrogens (tertiary/aromatic N) is 6. The van der Waals surface area contributed by atoms with Crippen LogP contribution in [0, 0.1) is 0 Å². The zero-order chi connectivity index (χ0) is 30.0. The zero-order valence-electron chi connectivity index (χ0n) is 23.6. The largest absolute Gasteiger partial charge is 0.454 e. The van der Waals surface area contributed by atoms with E-state index in [-0.39, 0.29) is 18.2 Å². The van der Waals surface area contributed by atoms with Crippen molar-refractivity contribution in [1.82, 2.24) is 23.8 Å². The highest BCUT2D eigenvalue weighted by molar-refractivity contribution is 7.89. The quantitative estimate of drug-likeness (QED) is 0.226. The number of hydrogen-bond acceptors (Lipinski definition) is 9. The Kier molecular flexibility index (Phi) is 8.06. The number of hydrogen-bond donors (Lipinski definition) is 1. The molecule has 0 bridgehead atoms. The average Bonchev–Trinajstić information content (AvgIpc) is 3.66. The third-order valence-electron chi connectivity index (χ3n) is 7.19. The Balaban J connectivity index is 1.28. The minimum Gasteiger partial charge on any atom is -0.454 e. The molecule has 0 spiro atoms. The van der Waals surface area contributed by atoms with Gasteiger partial charge in [0.15, 0.2) is 28.5 Å². The molecule has 222 valence electrons. The number of imidazole rings is 1. The van der Waals surface area contributed by atoms with Crippen molar-refractivity contribution in [3.05, 3.63) is 95.3 Å². The summed E-state index contributed by atoms with van der Waals surface area (Å²) in [7, 11) is -0.231. The van der Waals surface area contributed by atoms with Crippen LogP contribution < -0.4 is 19.7 Å². The number of nitrogens with one attached hydrogen (secondary N) is 1. The number of fused-ring (bicyclic) bond motifs is 2. The fourth-order valence-corrected chi connectivity index (χ4v) is 6.05. The molecule has 0 aliphatic carbocycles. The molecule has 11 nitrogen and oxygen atoms in total. The number of halogens is 1. The van der Waals surface area contributed by atoms with Gasteiger partial charge in [0.05, 0.1) is 17.8 Å². The first-order chi connectivity index (χ1) is 20.8. The Labute approximate surface area is 254 Å². The van der Waals surface area contributed by atoms with Gasteiger partial charge in [-0.1, -0.05) is 54.1 Å². The molecule has 0 unspecified atom stereocenters. The number of aromatic nitrogens is 4. The summed E-state index contributed by atoms with van der Waals surface area (Å²) in [6.07, 6.45) is 1.72. The van der Waals surface area contributed by atoms with Crippen molar-refractivity contribution >= 4 is 44.6 Å². The summed E-state index contributed by atoms with van der Waals surface area (Å²) in [5.41, 5.74) is 3.14. The smallest absolute Gasteiger partial charge is 0.242 e. The fourth-order valence-electron chi connectivity index (χ4n) is 4.67. The summed E-state index contributed by atoms with van der Waals surface area (Å²) >= 11 is 6.46. The van der Waals surface area contributed by atoms with Crippen LogP contribution in [0.25, 0.3) is 11.2 Å². The van der Waals surface area contributed by atoms with E-state index in [1.54, 1.807) is 43.7 Å². The topological polar surface area (TPSA) is 115 Å². The third kappa shape index (κ3) is 6.07. The van der Waals surface area contributed by atoms with Crippen LogP contribution in [-0.2, 0) is 23.1 Å². The first-order valence-electron chi connectivity index (χ1n) is 13.6. The highest BCUT2D eigenvalue weighted by Gasteiger charge is 2.22. The molecular formula is C30H30ClN7O4S. The molecule has 0 saturated carbocycles. The minimum atomic E-state index is -3.63. The SMILES string of the molecule is CN(CCN(C)S(=O)(=O)c1ccccc1)c1nc(NCc2ccc3c(c2)OCO3)c2ncn(Cc3ccccc3Cl)c2n1. The molecular weight excluding hydrogens is 590 g/mol. The molecule has 0 amide bonds. The molecule has 0 radical (unpaired) electrons. The van der Waals surface area contributed by atoms with Gasteiger partial charge in [0.2, 0.25) is 22.8 Å². The van der Waals surface area contributed by atoms with Gasteiger partial charge < -0.3 is 24.3 Å². The average molecular weight is 620 g/mol. The first-order valence-corrected chi connectivity index (χ1v) is 15.4. The van der Waals surface area contributed by atoms with Crippen LogP contribution in [0.2, 0.25) is 5.02 Å². The predicted octanol–water partition coefficient (Wildman–Crippen LogP) is 4.63. The van der Waals surface area contributed by atoms with Crippen molar-refractivity contribution < 1.29 is 17.9 Å². The highest BCUT2D eigenvalue weighted by atomic mass is 35.5. The van der Waals surface area contributed by atoms with Crippen LogP contribution in [0.5, 0.6) is 11.5 Å². The van der Waals surface area contributed by atoms with Gasteiger partial charge in [-0.3, -0.25) is 0 Å². The molecule has 6 rings (SSSR count). The van der Waals surface area contributed by atoms with Crippen LogP contribution in [0.3, 0.4) is 0 Å². The van der Waals surface area contributed by atoms with E-state index in [1.807, 2.05) is 59.0 Å². The van der Waals surface area contributed by atoms with Gasteiger partial charge in [-0.05, 0) is 41.5 Å². The van der Waals surface area contributed by atoms with Gasteiger partial charge in [-0.2, -0.15) is 14.3 Å². The molecule has 13 heteroatoms. The lowest BCUT2D eigenvalue weighted by molar-refractivity contribution is 0.174. The lowest BCUT2D eigenvalue weighted by Gasteiger charge is -2.22. The van der Waals surface area contributed by atoms with E-state index in [0.29, 0.717) is 53.3 Å². The maximum absolute atomic E-state index is 13.0. The maximum atomic E-state index is 13.0. The van der Waals surface area contributed by atoms with Crippen LogP contribution >= 0.6 is 11.6 Å². The van der Waals surface area contributed by atoms with Crippen molar-refractivity contribution in [2.24, 2.45) is 0 Å². The molecule has 0 fully saturated rings. The summed E-state index contributed by atoms with van der Waals surface area (Å²) in [6.45, 7) is 1.72. The maximum Gasteiger partial charge on any atom is 0.242 e. The summed E-state index contributed by atoms with van der Waals surface area (Å²) in [5, 5.41) is 4.06. The second-order valence-corrected chi connectivity index (χ2v) is 12.6. The monoisotopic (exact) mass is 619 g/mol. The Bertz CT molecular complexity index is 1870. The van der Waals surface area contributed by atoms with Crippen molar-refractivity contribution in [2.75, 3.05) is 44.2 Å². The first kappa shape index (κ1) is 28.7. The Morgan fingerprint density at radius 3 is 2.53 bits per heavy atom. The highest BCUT2D eigenvalue weighted by Crippen LogP contribution is 2.33. The molecule has 2 aromatic heterocycles. The number of likely N-dealkylation sites (N-methyl/N-ethyl adjacent to an activating group) is 2. The third-order valence-corrected chi connectivity index (χ3v) is 9.43. The number of rotatable bonds is 11. The molecule has 1 aliphatic heterocycles. The number of ether oxygens (including phenoxy) is 2. The van der Waals surface area contributed by atoms with Crippen molar-refractivity contribution in [1.29, 1.82) is 0 Å². The van der Waals surface area contributed by atoms with E-state index in [0.717, 1.165) is 16.9 Å². The fraction of sp³-hybridized carbons (Fsp3) is 0.233. The van der Waals surface area contributed by atoms with E-state index in [9.17, 15) is 8.42 Å². The van der Waals surface area contributed by atoms with Crippen molar-refractivity contribution in [2.45, 2.75) is 18.0 Å². The van der Waals surface area contributed by atoms with Crippen molar-refractivity contribution in [3.63, 3.8) is 0 Å². The van der Waals surface area contributed by atoms with Gasteiger partial charge in [-0.25, -0.2) is 13.4 Å². The number of sulfonamides is 1. The Hall–Kier alpha value is -4.39. The van der Waals surface area contributed by atoms with E-state index in [2.05, 4.69) is 10.3 Å². The standard InChI is InChI=1S/C30H30ClN7O4S/c1-36(14-15-37(2)43(39,40)23-9-4-3-5-10-23)30-34-28(32-17-21-12-13-25-26(16-21)42-20-41-25)27-29(35-30)38(19-33-27)18-22-8-6-7-11-24(22)31/h3-13,16,19H,14-15,17-18,20H2,1-2H3,(H,32,34,35). The minimum absolute atomic E-state index is 0.207. The van der Waals surface area contributed by atoms with Gasteiger partial charge in [0.25, 0.3) is 0 Å². The summed E-state index contributed by atoms with van der Waals surface area (Å²) < 4.78 is 40.3. The summed E-state index contributed by atoms with van der Waals surface area (Å²) in [4.78, 5) is 16.4.